The average Bonchev–Trinajstić information content (AvgIpc) is 2.80. The highest BCUT2D eigenvalue weighted by atomic mass is 16.6. The lowest BCUT2D eigenvalue weighted by Gasteiger charge is -2.35. The molecular formula is C15H18N2O3. The molecule has 5 nitrogen and oxygen atoms in total. The first-order chi connectivity index (χ1) is 9.72. The van der Waals surface area contributed by atoms with Crippen molar-refractivity contribution in [2.24, 2.45) is 0 Å². The fraction of sp³-hybridized carbons (Fsp3) is 0.467. The van der Waals surface area contributed by atoms with Crippen LogP contribution >= 0.6 is 0 Å². The van der Waals surface area contributed by atoms with Crippen molar-refractivity contribution in [3.8, 4) is 0 Å². The lowest BCUT2D eigenvalue weighted by atomic mass is 10.0. The largest absolute Gasteiger partial charge is 0.418 e. The van der Waals surface area contributed by atoms with Crippen molar-refractivity contribution in [3.05, 3.63) is 35.9 Å². The number of likely N-dealkylation sites (tertiary alicyclic amines) is 1. The number of cyclic esters (lactones) is 2. The molecule has 2 heterocycles. The van der Waals surface area contributed by atoms with Gasteiger partial charge in [-0.05, 0) is 18.4 Å². The highest BCUT2D eigenvalue weighted by Crippen LogP contribution is 2.21. The summed E-state index contributed by atoms with van der Waals surface area (Å²) in [5.41, 5.74) is 1.31. The van der Waals surface area contributed by atoms with Crippen molar-refractivity contribution in [2.75, 3.05) is 19.6 Å². The third kappa shape index (κ3) is 2.82. The zero-order valence-corrected chi connectivity index (χ0v) is 11.3. The monoisotopic (exact) mass is 274 g/mol. The second kappa shape index (κ2) is 5.63. The molecule has 1 aromatic rings. The highest BCUT2D eigenvalue weighted by Gasteiger charge is 2.36. The van der Waals surface area contributed by atoms with E-state index in [0.29, 0.717) is 0 Å². The van der Waals surface area contributed by atoms with Gasteiger partial charge in [-0.1, -0.05) is 30.3 Å². The van der Waals surface area contributed by atoms with Crippen molar-refractivity contribution >= 4 is 12.1 Å². The summed E-state index contributed by atoms with van der Waals surface area (Å²) in [5, 5.41) is 0. The van der Waals surface area contributed by atoms with E-state index in [0.717, 1.165) is 32.5 Å². The van der Waals surface area contributed by atoms with E-state index in [1.807, 2.05) is 18.2 Å². The molecule has 0 unspecified atom stereocenters. The SMILES string of the molecule is O=C1CN(C2CCN(Cc3ccccc3)CC2)C(=O)O1. The van der Waals surface area contributed by atoms with E-state index >= 15 is 0 Å². The second-order valence-electron chi connectivity index (χ2n) is 5.36. The summed E-state index contributed by atoms with van der Waals surface area (Å²) in [6.45, 7) is 2.94. The minimum absolute atomic E-state index is 0.113. The molecule has 0 radical (unpaired) electrons. The van der Waals surface area contributed by atoms with Gasteiger partial charge in [-0.3, -0.25) is 9.80 Å². The number of carbonyl (C=O) groups excluding carboxylic acids is 2. The predicted molar refractivity (Wildman–Crippen MR) is 72.9 cm³/mol. The first kappa shape index (κ1) is 13.1. The summed E-state index contributed by atoms with van der Waals surface area (Å²) >= 11 is 0. The Morgan fingerprint density at radius 2 is 1.80 bits per heavy atom. The Bertz CT molecular complexity index is 495. The van der Waals surface area contributed by atoms with Gasteiger partial charge in [-0.15, -0.1) is 0 Å². The fourth-order valence-electron chi connectivity index (χ4n) is 2.90. The number of ether oxygens (including phenoxy) is 1. The minimum atomic E-state index is -0.475. The van der Waals surface area contributed by atoms with Crippen LogP contribution in [0.25, 0.3) is 0 Å². The van der Waals surface area contributed by atoms with E-state index in [9.17, 15) is 9.59 Å². The molecule has 0 aromatic heterocycles. The van der Waals surface area contributed by atoms with Gasteiger partial charge in [0.1, 0.15) is 6.54 Å². The third-order valence-corrected chi connectivity index (χ3v) is 3.98. The molecule has 2 fully saturated rings. The van der Waals surface area contributed by atoms with Crippen LogP contribution in [-0.2, 0) is 16.1 Å². The molecule has 5 heteroatoms. The van der Waals surface area contributed by atoms with Crippen molar-refractivity contribution in [3.63, 3.8) is 0 Å². The van der Waals surface area contributed by atoms with E-state index in [-0.39, 0.29) is 12.6 Å². The Hall–Kier alpha value is -1.88. The van der Waals surface area contributed by atoms with Gasteiger partial charge >= 0.3 is 12.1 Å². The van der Waals surface area contributed by atoms with Gasteiger partial charge < -0.3 is 4.74 Å². The molecule has 0 bridgehead atoms. The maximum atomic E-state index is 11.5. The van der Waals surface area contributed by atoms with Crippen LogP contribution in [0, 0.1) is 0 Å². The topological polar surface area (TPSA) is 49.9 Å². The average molecular weight is 274 g/mol. The van der Waals surface area contributed by atoms with Crippen molar-refractivity contribution < 1.29 is 14.3 Å². The summed E-state index contributed by atoms with van der Waals surface area (Å²) < 4.78 is 4.58. The molecule has 0 saturated carbocycles. The number of hydrogen-bond donors (Lipinski definition) is 0. The lowest BCUT2D eigenvalue weighted by molar-refractivity contribution is -0.133. The fourth-order valence-corrected chi connectivity index (χ4v) is 2.90. The van der Waals surface area contributed by atoms with E-state index in [1.54, 1.807) is 4.90 Å². The van der Waals surface area contributed by atoms with Crippen LogP contribution in [0.3, 0.4) is 0 Å². The van der Waals surface area contributed by atoms with Crippen LogP contribution in [0.1, 0.15) is 18.4 Å². The maximum Gasteiger partial charge on any atom is 0.418 e. The van der Waals surface area contributed by atoms with Crippen molar-refractivity contribution in [2.45, 2.75) is 25.4 Å². The van der Waals surface area contributed by atoms with Gasteiger partial charge in [0.2, 0.25) is 0 Å². The molecule has 2 aliphatic rings. The highest BCUT2D eigenvalue weighted by molar-refractivity contribution is 5.93. The molecule has 2 saturated heterocycles. The zero-order valence-electron chi connectivity index (χ0n) is 11.3. The molecule has 106 valence electrons. The second-order valence-corrected chi connectivity index (χ2v) is 5.36. The molecule has 0 atom stereocenters. The number of rotatable bonds is 3. The normalized spacial score (nSPS) is 21.3. The molecule has 0 spiro atoms. The Labute approximate surface area is 118 Å². The van der Waals surface area contributed by atoms with Crippen LogP contribution in [0.15, 0.2) is 30.3 Å². The number of amides is 1. The number of esters is 1. The Morgan fingerprint density at radius 3 is 2.40 bits per heavy atom. The molecule has 3 rings (SSSR count). The van der Waals surface area contributed by atoms with Crippen LogP contribution in [-0.4, -0.2) is 47.5 Å². The first-order valence-electron chi connectivity index (χ1n) is 7.00. The first-order valence-corrected chi connectivity index (χ1v) is 7.00. The number of benzene rings is 1. The van der Waals surface area contributed by atoms with E-state index in [1.165, 1.54) is 5.56 Å². The zero-order chi connectivity index (χ0) is 13.9. The van der Waals surface area contributed by atoms with Gasteiger partial charge in [-0.25, -0.2) is 9.59 Å². The molecule has 0 N–H and O–H groups in total. The minimum Gasteiger partial charge on any atom is -0.375 e. The van der Waals surface area contributed by atoms with Crippen LogP contribution in [0.5, 0.6) is 0 Å². The Balaban J connectivity index is 1.52. The van der Waals surface area contributed by atoms with Crippen LogP contribution in [0.2, 0.25) is 0 Å². The van der Waals surface area contributed by atoms with Crippen LogP contribution < -0.4 is 0 Å². The van der Waals surface area contributed by atoms with Gasteiger partial charge in [-0.2, -0.15) is 0 Å². The smallest absolute Gasteiger partial charge is 0.375 e. The molecule has 1 aromatic carbocycles. The molecule has 20 heavy (non-hydrogen) atoms. The van der Waals surface area contributed by atoms with Gasteiger partial charge in [0.25, 0.3) is 0 Å². The number of piperidine rings is 1. The summed E-state index contributed by atoms with van der Waals surface area (Å²) in [6, 6.07) is 10.5. The summed E-state index contributed by atoms with van der Waals surface area (Å²) in [7, 11) is 0. The van der Waals surface area contributed by atoms with E-state index in [4.69, 9.17) is 0 Å². The van der Waals surface area contributed by atoms with Crippen molar-refractivity contribution in [1.82, 2.24) is 9.80 Å². The maximum absolute atomic E-state index is 11.5. The molecule has 2 aliphatic heterocycles. The van der Waals surface area contributed by atoms with Crippen LogP contribution in [0.4, 0.5) is 4.79 Å². The van der Waals surface area contributed by atoms with Gasteiger partial charge in [0, 0.05) is 25.7 Å². The molecular weight excluding hydrogens is 256 g/mol. The third-order valence-electron chi connectivity index (χ3n) is 3.98. The van der Waals surface area contributed by atoms with Gasteiger partial charge in [0.15, 0.2) is 0 Å². The quantitative estimate of drug-likeness (QED) is 0.621. The molecule has 0 aliphatic carbocycles. The molecule has 1 amide bonds. The van der Waals surface area contributed by atoms with Gasteiger partial charge in [0.05, 0.1) is 0 Å². The standard InChI is InChI=1S/C15H18N2O3/c18-14-11-17(15(19)20-14)13-6-8-16(9-7-13)10-12-4-2-1-3-5-12/h1-5,13H,6-11H2. The summed E-state index contributed by atoms with van der Waals surface area (Å²) in [4.78, 5) is 26.6. The predicted octanol–water partition coefficient (Wildman–Crippen LogP) is 1.63. The van der Waals surface area contributed by atoms with E-state index in [2.05, 4.69) is 21.8 Å². The summed E-state index contributed by atoms with van der Waals surface area (Å²) in [6.07, 6.45) is 1.32. The Morgan fingerprint density at radius 1 is 1.10 bits per heavy atom. The Kier molecular flexibility index (Phi) is 3.69. The lowest BCUT2D eigenvalue weighted by Crippen LogP contribution is -2.45. The summed E-state index contributed by atoms with van der Waals surface area (Å²) in [5.74, 6) is -0.429. The number of hydrogen-bond acceptors (Lipinski definition) is 4. The number of carbonyl (C=O) groups is 2. The van der Waals surface area contributed by atoms with Crippen molar-refractivity contribution in [1.29, 1.82) is 0 Å². The number of nitrogens with zero attached hydrogens (tertiary/aromatic N) is 2. The van der Waals surface area contributed by atoms with E-state index < -0.39 is 12.1 Å².